The van der Waals surface area contributed by atoms with Gasteiger partial charge in [0.15, 0.2) is 0 Å². The summed E-state index contributed by atoms with van der Waals surface area (Å²) in [6.45, 7) is 0. The molecule has 8 heteroatoms. The van der Waals surface area contributed by atoms with Gasteiger partial charge in [-0.1, -0.05) is 12.1 Å². The number of nitrogens with zero attached hydrogens (tertiary/aromatic N) is 3. The van der Waals surface area contributed by atoms with E-state index in [1.165, 1.54) is 10.6 Å². The smallest absolute Gasteiger partial charge is 0.355 e. The van der Waals surface area contributed by atoms with Crippen molar-refractivity contribution in [2.75, 3.05) is 0 Å². The van der Waals surface area contributed by atoms with Gasteiger partial charge in [-0.05, 0) is 18.2 Å². The number of benzene rings is 1. The molecule has 0 bridgehead atoms. The van der Waals surface area contributed by atoms with Crippen LogP contribution in [0.4, 0.5) is 0 Å². The van der Waals surface area contributed by atoms with Crippen molar-refractivity contribution < 1.29 is 9.52 Å². The topological polar surface area (TPSA) is 125 Å². The standard InChI is InChI=1S/C17H10N4O4/c1-21-11-5-3-2-4-9(11)14(22)12(16(21)23)13-10-6-8(7-18)17(24)25-15(10)20-19-13/h2-6,22H,1H3,(H,19,20). The number of aromatic amines is 1. The SMILES string of the molecule is Cn1c(=O)c(-c2[nH]nc3oc(=O)c(C#N)cc23)c(O)c2ccccc21. The van der Waals surface area contributed by atoms with Crippen LogP contribution < -0.4 is 11.2 Å². The molecular weight excluding hydrogens is 324 g/mol. The second-order valence-electron chi connectivity index (χ2n) is 5.48. The molecule has 0 saturated heterocycles. The molecule has 0 aliphatic heterocycles. The Morgan fingerprint density at radius 2 is 2.04 bits per heavy atom. The summed E-state index contributed by atoms with van der Waals surface area (Å²) in [5.41, 5.74) is -0.793. The highest BCUT2D eigenvalue weighted by Crippen LogP contribution is 2.34. The predicted octanol–water partition coefficient (Wildman–Crippen LogP) is 1.61. The molecule has 0 radical (unpaired) electrons. The molecule has 4 aromatic rings. The van der Waals surface area contributed by atoms with Gasteiger partial charge in [0, 0.05) is 12.4 Å². The van der Waals surface area contributed by atoms with Crippen LogP contribution >= 0.6 is 0 Å². The van der Waals surface area contributed by atoms with Crippen molar-refractivity contribution in [2.24, 2.45) is 7.05 Å². The van der Waals surface area contributed by atoms with Crippen LogP contribution in [0.25, 0.3) is 33.3 Å². The van der Waals surface area contributed by atoms with Crippen molar-refractivity contribution >= 4 is 22.0 Å². The van der Waals surface area contributed by atoms with Crippen LogP contribution in [0.3, 0.4) is 0 Å². The number of hydrogen-bond donors (Lipinski definition) is 2. The lowest BCUT2D eigenvalue weighted by molar-refractivity contribution is 0.481. The van der Waals surface area contributed by atoms with Gasteiger partial charge in [0.1, 0.15) is 22.9 Å². The average molecular weight is 334 g/mol. The maximum Gasteiger partial charge on any atom is 0.355 e. The Balaban J connectivity index is 2.16. The van der Waals surface area contributed by atoms with E-state index in [0.717, 1.165) is 0 Å². The lowest BCUT2D eigenvalue weighted by Gasteiger charge is -2.10. The number of fused-ring (bicyclic) bond motifs is 2. The summed E-state index contributed by atoms with van der Waals surface area (Å²) in [5, 5.41) is 26.9. The average Bonchev–Trinajstić information content (AvgIpc) is 3.01. The fraction of sp³-hybridized carbons (Fsp3) is 0.0588. The Bertz CT molecular complexity index is 1320. The van der Waals surface area contributed by atoms with Gasteiger partial charge in [-0.15, -0.1) is 5.10 Å². The third kappa shape index (κ3) is 1.96. The van der Waals surface area contributed by atoms with Crippen LogP contribution in [-0.2, 0) is 7.05 Å². The van der Waals surface area contributed by atoms with E-state index in [2.05, 4.69) is 10.2 Å². The highest BCUT2D eigenvalue weighted by Gasteiger charge is 2.21. The zero-order valence-corrected chi connectivity index (χ0v) is 12.9. The molecule has 3 aromatic heterocycles. The van der Waals surface area contributed by atoms with Gasteiger partial charge in [-0.3, -0.25) is 9.89 Å². The van der Waals surface area contributed by atoms with Crippen LogP contribution in [-0.4, -0.2) is 19.9 Å². The first kappa shape index (κ1) is 14.7. The normalized spacial score (nSPS) is 11.0. The van der Waals surface area contributed by atoms with Crippen molar-refractivity contribution in [1.29, 1.82) is 5.26 Å². The Hall–Kier alpha value is -3.86. The van der Waals surface area contributed by atoms with Gasteiger partial charge in [-0.25, -0.2) is 4.79 Å². The molecule has 0 saturated carbocycles. The monoisotopic (exact) mass is 334 g/mol. The molecule has 3 heterocycles. The third-order valence-corrected chi connectivity index (χ3v) is 4.11. The quantitative estimate of drug-likeness (QED) is 0.545. The summed E-state index contributed by atoms with van der Waals surface area (Å²) in [5.74, 6) is -0.214. The molecule has 0 unspecified atom stereocenters. The number of aromatic nitrogens is 3. The summed E-state index contributed by atoms with van der Waals surface area (Å²) >= 11 is 0. The minimum Gasteiger partial charge on any atom is -0.506 e. The van der Waals surface area contributed by atoms with E-state index in [1.54, 1.807) is 37.4 Å². The van der Waals surface area contributed by atoms with E-state index in [-0.39, 0.29) is 33.7 Å². The summed E-state index contributed by atoms with van der Waals surface area (Å²) in [6, 6.07) is 9.93. The van der Waals surface area contributed by atoms with E-state index in [4.69, 9.17) is 9.68 Å². The Morgan fingerprint density at radius 3 is 2.80 bits per heavy atom. The summed E-state index contributed by atoms with van der Waals surface area (Å²) in [4.78, 5) is 24.4. The summed E-state index contributed by atoms with van der Waals surface area (Å²) in [6.07, 6.45) is 0. The van der Waals surface area contributed by atoms with Crippen molar-refractivity contribution in [2.45, 2.75) is 0 Å². The largest absolute Gasteiger partial charge is 0.506 e. The second kappa shape index (κ2) is 5.07. The molecule has 0 fully saturated rings. The van der Waals surface area contributed by atoms with Gasteiger partial charge >= 0.3 is 5.63 Å². The molecule has 0 amide bonds. The zero-order valence-electron chi connectivity index (χ0n) is 12.9. The summed E-state index contributed by atoms with van der Waals surface area (Å²) in [7, 11) is 1.59. The number of aryl methyl sites for hydroxylation is 1. The molecule has 8 nitrogen and oxygen atoms in total. The first-order valence-electron chi connectivity index (χ1n) is 7.26. The molecule has 1 aromatic carbocycles. The van der Waals surface area contributed by atoms with Crippen molar-refractivity contribution in [3.05, 3.63) is 56.7 Å². The molecular formula is C17H10N4O4. The van der Waals surface area contributed by atoms with E-state index in [1.807, 2.05) is 0 Å². The number of nitriles is 1. The molecule has 0 atom stereocenters. The van der Waals surface area contributed by atoms with Crippen LogP contribution in [0.15, 0.2) is 44.3 Å². The first-order chi connectivity index (χ1) is 12.0. The fourth-order valence-electron chi connectivity index (χ4n) is 2.87. The highest BCUT2D eigenvalue weighted by atomic mass is 16.4. The number of para-hydroxylation sites is 1. The lowest BCUT2D eigenvalue weighted by atomic mass is 10.1. The van der Waals surface area contributed by atoms with Crippen molar-refractivity contribution in [3.63, 3.8) is 0 Å². The third-order valence-electron chi connectivity index (χ3n) is 4.11. The summed E-state index contributed by atoms with van der Waals surface area (Å²) < 4.78 is 6.38. The van der Waals surface area contributed by atoms with Gasteiger partial charge in [0.25, 0.3) is 5.56 Å². The molecule has 25 heavy (non-hydrogen) atoms. The maximum atomic E-state index is 12.8. The Kier molecular flexibility index (Phi) is 2.99. The number of rotatable bonds is 1. The molecule has 2 N–H and O–H groups in total. The highest BCUT2D eigenvalue weighted by molar-refractivity contribution is 5.98. The van der Waals surface area contributed by atoms with E-state index >= 15 is 0 Å². The molecule has 122 valence electrons. The Morgan fingerprint density at radius 1 is 1.28 bits per heavy atom. The number of hydrogen-bond acceptors (Lipinski definition) is 6. The number of pyridine rings is 1. The van der Waals surface area contributed by atoms with Gasteiger partial charge in [0.2, 0.25) is 5.71 Å². The molecule has 4 rings (SSSR count). The van der Waals surface area contributed by atoms with Crippen LogP contribution in [0.5, 0.6) is 5.75 Å². The van der Waals surface area contributed by atoms with Gasteiger partial charge < -0.3 is 14.1 Å². The van der Waals surface area contributed by atoms with Gasteiger partial charge in [0.05, 0.1) is 16.6 Å². The van der Waals surface area contributed by atoms with E-state index < -0.39 is 11.2 Å². The second-order valence-corrected chi connectivity index (χ2v) is 5.48. The predicted molar refractivity (Wildman–Crippen MR) is 89.2 cm³/mol. The number of aromatic hydroxyl groups is 1. The molecule has 0 aliphatic carbocycles. The van der Waals surface area contributed by atoms with Crippen LogP contribution in [0.1, 0.15) is 5.56 Å². The lowest BCUT2D eigenvalue weighted by Crippen LogP contribution is -2.19. The van der Waals surface area contributed by atoms with Crippen molar-refractivity contribution in [3.8, 4) is 23.1 Å². The van der Waals surface area contributed by atoms with Crippen molar-refractivity contribution in [1.82, 2.24) is 14.8 Å². The van der Waals surface area contributed by atoms with Crippen LogP contribution in [0, 0.1) is 11.3 Å². The Labute approximate surface area is 139 Å². The van der Waals surface area contributed by atoms with E-state index in [9.17, 15) is 14.7 Å². The first-order valence-corrected chi connectivity index (χ1v) is 7.26. The minimum atomic E-state index is -0.816. The zero-order chi connectivity index (χ0) is 17.7. The van der Waals surface area contributed by atoms with Gasteiger partial charge in [-0.2, -0.15) is 5.26 Å². The molecule has 0 spiro atoms. The maximum absolute atomic E-state index is 12.8. The van der Waals surface area contributed by atoms with Crippen LogP contribution in [0.2, 0.25) is 0 Å². The minimum absolute atomic E-state index is 0.0126. The van der Waals surface area contributed by atoms with E-state index in [0.29, 0.717) is 10.9 Å². The number of nitrogens with one attached hydrogen (secondary N) is 1. The number of H-pyrrole nitrogens is 1. The molecule has 0 aliphatic rings. The fourth-order valence-corrected chi connectivity index (χ4v) is 2.87.